The Morgan fingerprint density at radius 3 is 2.70 bits per heavy atom. The molecular formula is C14H16N2O4. The molecule has 0 saturated heterocycles. The molecule has 1 aromatic heterocycles. The molecule has 0 radical (unpaired) electrons. The summed E-state index contributed by atoms with van der Waals surface area (Å²) >= 11 is 0. The first kappa shape index (κ1) is 13.9. The van der Waals surface area contributed by atoms with E-state index in [0.717, 1.165) is 5.82 Å². The lowest BCUT2D eigenvalue weighted by Crippen LogP contribution is -2.10. The van der Waals surface area contributed by atoms with Crippen LogP contribution >= 0.6 is 0 Å². The first-order valence-electron chi connectivity index (χ1n) is 6.08. The highest BCUT2D eigenvalue weighted by Gasteiger charge is 2.16. The van der Waals surface area contributed by atoms with Crippen molar-refractivity contribution in [1.82, 2.24) is 9.55 Å². The van der Waals surface area contributed by atoms with Crippen LogP contribution in [0.25, 0.3) is 0 Å². The fourth-order valence-corrected chi connectivity index (χ4v) is 1.91. The quantitative estimate of drug-likeness (QED) is 0.906. The van der Waals surface area contributed by atoms with Crippen LogP contribution in [0.1, 0.15) is 29.2 Å². The molecule has 106 valence electrons. The second kappa shape index (κ2) is 5.64. The summed E-state index contributed by atoms with van der Waals surface area (Å²) in [7, 11) is 3.38. The molecule has 0 fully saturated rings. The molecule has 2 aromatic rings. The maximum atomic E-state index is 11.0. The van der Waals surface area contributed by atoms with Crippen LogP contribution in [0.5, 0.6) is 11.5 Å². The van der Waals surface area contributed by atoms with Gasteiger partial charge in [-0.25, -0.2) is 9.78 Å². The summed E-state index contributed by atoms with van der Waals surface area (Å²) in [5, 5.41) is 9.02. The van der Waals surface area contributed by atoms with Gasteiger partial charge in [-0.1, -0.05) is 0 Å². The van der Waals surface area contributed by atoms with Crippen molar-refractivity contribution >= 4 is 5.97 Å². The SMILES string of the molecule is COc1ccc(C(=O)O)cc1OC(C)c1nccn1C. The van der Waals surface area contributed by atoms with Crippen molar-refractivity contribution in [2.24, 2.45) is 7.05 Å². The van der Waals surface area contributed by atoms with Crippen LogP contribution < -0.4 is 9.47 Å². The second-order valence-electron chi connectivity index (χ2n) is 4.33. The van der Waals surface area contributed by atoms with Crippen LogP contribution in [0.2, 0.25) is 0 Å². The van der Waals surface area contributed by atoms with Crippen molar-refractivity contribution < 1.29 is 19.4 Å². The minimum absolute atomic E-state index is 0.146. The van der Waals surface area contributed by atoms with Crippen molar-refractivity contribution in [3.8, 4) is 11.5 Å². The zero-order valence-electron chi connectivity index (χ0n) is 11.5. The third-order valence-electron chi connectivity index (χ3n) is 2.94. The summed E-state index contributed by atoms with van der Waals surface area (Å²) in [6, 6.07) is 4.49. The molecule has 1 heterocycles. The predicted octanol–water partition coefficient (Wildman–Crippen LogP) is 2.27. The summed E-state index contributed by atoms with van der Waals surface area (Å²) in [5.41, 5.74) is 0.146. The molecular weight excluding hydrogens is 260 g/mol. The maximum Gasteiger partial charge on any atom is 0.335 e. The van der Waals surface area contributed by atoms with Crippen LogP contribution in [0, 0.1) is 0 Å². The van der Waals surface area contributed by atoms with Gasteiger partial charge in [-0.05, 0) is 25.1 Å². The number of aromatic nitrogens is 2. The van der Waals surface area contributed by atoms with Crippen LogP contribution in [-0.4, -0.2) is 27.7 Å². The van der Waals surface area contributed by atoms with Gasteiger partial charge >= 0.3 is 5.97 Å². The number of carbonyl (C=O) groups is 1. The number of rotatable bonds is 5. The Labute approximate surface area is 116 Å². The van der Waals surface area contributed by atoms with E-state index in [1.807, 2.05) is 24.7 Å². The number of hydrogen-bond acceptors (Lipinski definition) is 4. The van der Waals surface area contributed by atoms with Gasteiger partial charge < -0.3 is 19.1 Å². The highest BCUT2D eigenvalue weighted by atomic mass is 16.5. The Morgan fingerprint density at radius 2 is 2.15 bits per heavy atom. The molecule has 0 bridgehead atoms. The fraction of sp³-hybridized carbons (Fsp3) is 0.286. The summed E-state index contributed by atoms with van der Waals surface area (Å²) < 4.78 is 12.8. The molecule has 6 nitrogen and oxygen atoms in total. The molecule has 0 aliphatic rings. The Morgan fingerprint density at radius 1 is 1.40 bits per heavy atom. The number of carboxylic acids is 1. The predicted molar refractivity (Wildman–Crippen MR) is 72.2 cm³/mol. The van der Waals surface area contributed by atoms with Crippen molar-refractivity contribution in [2.45, 2.75) is 13.0 Å². The van der Waals surface area contributed by atoms with E-state index in [1.165, 1.54) is 19.2 Å². The molecule has 20 heavy (non-hydrogen) atoms. The molecule has 6 heteroatoms. The number of imidazole rings is 1. The van der Waals surface area contributed by atoms with Crippen LogP contribution in [-0.2, 0) is 7.05 Å². The Kier molecular flexibility index (Phi) is 3.93. The first-order valence-corrected chi connectivity index (χ1v) is 6.08. The summed E-state index contributed by atoms with van der Waals surface area (Å²) in [5.74, 6) is 0.592. The minimum Gasteiger partial charge on any atom is -0.493 e. The Hall–Kier alpha value is -2.50. The zero-order chi connectivity index (χ0) is 14.7. The highest BCUT2D eigenvalue weighted by Crippen LogP contribution is 2.31. The number of hydrogen-bond donors (Lipinski definition) is 1. The number of benzene rings is 1. The van der Waals surface area contributed by atoms with Gasteiger partial charge in [0.1, 0.15) is 5.82 Å². The number of aromatic carboxylic acids is 1. The van der Waals surface area contributed by atoms with Crippen molar-refractivity contribution in [3.05, 3.63) is 42.0 Å². The third kappa shape index (κ3) is 2.74. The van der Waals surface area contributed by atoms with Gasteiger partial charge in [0.2, 0.25) is 0 Å². The molecule has 0 spiro atoms. The lowest BCUT2D eigenvalue weighted by Gasteiger charge is -2.17. The normalized spacial score (nSPS) is 11.9. The molecule has 2 rings (SSSR count). The molecule has 0 saturated carbocycles. The standard InChI is InChI=1S/C14H16N2O4/c1-9(13-15-6-7-16(13)2)20-12-8-10(14(17)18)4-5-11(12)19-3/h4-9H,1-3H3,(H,17,18). The van der Waals surface area contributed by atoms with Gasteiger partial charge in [-0.2, -0.15) is 0 Å². The summed E-state index contributed by atoms with van der Waals surface area (Å²) in [6.07, 6.45) is 3.17. The van der Waals surface area contributed by atoms with E-state index in [-0.39, 0.29) is 11.7 Å². The molecule has 1 unspecified atom stereocenters. The second-order valence-corrected chi connectivity index (χ2v) is 4.33. The lowest BCUT2D eigenvalue weighted by molar-refractivity contribution is 0.0696. The van der Waals surface area contributed by atoms with Crippen molar-refractivity contribution in [2.75, 3.05) is 7.11 Å². The fourth-order valence-electron chi connectivity index (χ4n) is 1.91. The van der Waals surface area contributed by atoms with E-state index < -0.39 is 5.97 Å². The topological polar surface area (TPSA) is 73.6 Å². The summed E-state index contributed by atoms with van der Waals surface area (Å²) in [6.45, 7) is 1.84. The smallest absolute Gasteiger partial charge is 0.335 e. The number of nitrogens with zero attached hydrogens (tertiary/aromatic N) is 2. The van der Waals surface area contributed by atoms with Gasteiger partial charge in [-0.15, -0.1) is 0 Å². The highest BCUT2D eigenvalue weighted by molar-refractivity contribution is 5.88. The third-order valence-corrected chi connectivity index (χ3v) is 2.94. The minimum atomic E-state index is -1.01. The average molecular weight is 276 g/mol. The van der Waals surface area contributed by atoms with Crippen molar-refractivity contribution in [3.63, 3.8) is 0 Å². The average Bonchev–Trinajstić information content (AvgIpc) is 2.84. The number of methoxy groups -OCH3 is 1. The van der Waals surface area contributed by atoms with E-state index in [9.17, 15) is 4.79 Å². The maximum absolute atomic E-state index is 11.0. The first-order chi connectivity index (χ1) is 9.52. The van der Waals surface area contributed by atoms with E-state index in [4.69, 9.17) is 14.6 Å². The van der Waals surface area contributed by atoms with Gasteiger partial charge in [0.15, 0.2) is 17.6 Å². The van der Waals surface area contributed by atoms with E-state index in [0.29, 0.717) is 11.5 Å². The van der Waals surface area contributed by atoms with E-state index >= 15 is 0 Å². The van der Waals surface area contributed by atoms with Gasteiger partial charge in [0, 0.05) is 19.4 Å². The van der Waals surface area contributed by atoms with E-state index in [2.05, 4.69) is 4.98 Å². The van der Waals surface area contributed by atoms with Crippen molar-refractivity contribution in [1.29, 1.82) is 0 Å². The molecule has 0 amide bonds. The van der Waals surface area contributed by atoms with Crippen LogP contribution in [0.3, 0.4) is 0 Å². The molecule has 0 aliphatic heterocycles. The van der Waals surface area contributed by atoms with Crippen LogP contribution in [0.15, 0.2) is 30.6 Å². The number of carboxylic acid groups (broad SMARTS) is 1. The Balaban J connectivity index is 2.29. The van der Waals surface area contributed by atoms with E-state index in [1.54, 1.807) is 12.3 Å². The zero-order valence-corrected chi connectivity index (χ0v) is 11.5. The summed E-state index contributed by atoms with van der Waals surface area (Å²) in [4.78, 5) is 15.2. The largest absolute Gasteiger partial charge is 0.493 e. The molecule has 1 aromatic carbocycles. The van der Waals surface area contributed by atoms with Crippen LogP contribution in [0.4, 0.5) is 0 Å². The lowest BCUT2D eigenvalue weighted by atomic mass is 10.2. The molecule has 0 aliphatic carbocycles. The molecule has 1 atom stereocenters. The number of ether oxygens (including phenoxy) is 2. The van der Waals surface area contributed by atoms with Gasteiger partial charge in [-0.3, -0.25) is 0 Å². The number of aryl methyl sites for hydroxylation is 1. The van der Waals surface area contributed by atoms with Gasteiger partial charge in [0.05, 0.1) is 12.7 Å². The Bertz CT molecular complexity index is 621. The van der Waals surface area contributed by atoms with Gasteiger partial charge in [0.25, 0.3) is 0 Å². The molecule has 1 N–H and O–H groups in total. The monoisotopic (exact) mass is 276 g/mol.